The van der Waals surface area contributed by atoms with E-state index in [0.717, 1.165) is 29.5 Å². The number of benzene rings is 2. The first-order valence-corrected chi connectivity index (χ1v) is 14.3. The number of sulfonamides is 1. The summed E-state index contributed by atoms with van der Waals surface area (Å²) in [6.45, 7) is 3.74. The molecule has 0 saturated carbocycles. The van der Waals surface area contributed by atoms with Crippen molar-refractivity contribution >= 4 is 55.0 Å². The van der Waals surface area contributed by atoms with Crippen LogP contribution >= 0.6 is 23.7 Å². The van der Waals surface area contributed by atoms with Crippen LogP contribution in [0.4, 0.5) is 5.13 Å². The summed E-state index contributed by atoms with van der Waals surface area (Å²) in [4.78, 5) is 22.2. The average Bonchev–Trinajstić information content (AvgIpc) is 3.48. The van der Waals surface area contributed by atoms with Crippen molar-refractivity contribution < 1.29 is 22.7 Å². The number of carbonyl (C=O) groups excluding carboxylic acids is 1. The van der Waals surface area contributed by atoms with Crippen molar-refractivity contribution in [3.63, 3.8) is 0 Å². The number of anilines is 1. The first-order chi connectivity index (χ1) is 17.2. The van der Waals surface area contributed by atoms with Crippen LogP contribution in [0, 0.1) is 0 Å². The predicted octanol–water partition coefficient (Wildman–Crippen LogP) is 4.22. The third kappa shape index (κ3) is 5.56. The molecule has 1 atom stereocenters. The summed E-state index contributed by atoms with van der Waals surface area (Å²) in [5.41, 5.74) is 1.15. The Morgan fingerprint density at radius 1 is 1.11 bits per heavy atom. The van der Waals surface area contributed by atoms with Crippen molar-refractivity contribution in [2.75, 3.05) is 45.4 Å². The average molecular weight is 567 g/mol. The van der Waals surface area contributed by atoms with E-state index in [2.05, 4.69) is 0 Å². The topological polar surface area (TPSA) is 92.3 Å². The van der Waals surface area contributed by atoms with Crippen LogP contribution in [0.3, 0.4) is 0 Å². The Hall–Kier alpha value is -2.44. The number of hydrogen-bond acceptors (Lipinski definition) is 8. The highest BCUT2D eigenvalue weighted by atomic mass is 35.5. The molecule has 0 spiro atoms. The van der Waals surface area contributed by atoms with Crippen LogP contribution in [0.2, 0.25) is 0 Å². The summed E-state index contributed by atoms with van der Waals surface area (Å²) in [6, 6.07) is 9.94. The highest BCUT2D eigenvalue weighted by Crippen LogP contribution is 2.40. The van der Waals surface area contributed by atoms with Gasteiger partial charge in [-0.1, -0.05) is 17.8 Å². The van der Waals surface area contributed by atoms with Gasteiger partial charge in [0.15, 0.2) is 16.6 Å². The number of thiazole rings is 1. The first-order valence-electron chi connectivity index (χ1n) is 12.0. The number of fused-ring (bicyclic) bond motifs is 2. The van der Waals surface area contributed by atoms with Crippen LogP contribution < -0.4 is 14.4 Å². The van der Waals surface area contributed by atoms with Gasteiger partial charge in [-0.3, -0.25) is 9.69 Å². The lowest BCUT2D eigenvalue weighted by Crippen LogP contribution is -2.41. The van der Waals surface area contributed by atoms with E-state index in [-0.39, 0.29) is 36.0 Å². The van der Waals surface area contributed by atoms with E-state index in [1.807, 2.05) is 38.1 Å². The van der Waals surface area contributed by atoms with E-state index in [4.69, 9.17) is 14.5 Å². The van der Waals surface area contributed by atoms with Gasteiger partial charge in [0.2, 0.25) is 16.8 Å². The number of halogens is 1. The molecular formula is C25H31ClN4O5S2. The number of carbonyl (C=O) groups is 1. The molecule has 0 bridgehead atoms. The molecule has 0 aliphatic carbocycles. The summed E-state index contributed by atoms with van der Waals surface area (Å²) in [6.07, 6.45) is 2.77. The highest BCUT2D eigenvalue weighted by Gasteiger charge is 2.31. The zero-order valence-corrected chi connectivity index (χ0v) is 23.5. The molecule has 5 rings (SSSR count). The quantitative estimate of drug-likeness (QED) is 0.423. The van der Waals surface area contributed by atoms with Crippen molar-refractivity contribution in [1.82, 2.24) is 14.2 Å². The zero-order valence-electron chi connectivity index (χ0n) is 21.0. The van der Waals surface area contributed by atoms with E-state index < -0.39 is 10.0 Å². The molecular weight excluding hydrogens is 536 g/mol. The van der Waals surface area contributed by atoms with Crippen molar-refractivity contribution in [1.29, 1.82) is 0 Å². The largest absolute Gasteiger partial charge is 0.454 e. The van der Waals surface area contributed by atoms with E-state index in [1.165, 1.54) is 23.5 Å². The Morgan fingerprint density at radius 2 is 1.81 bits per heavy atom. The number of likely N-dealkylation sites (N-methyl/N-ethyl adjacent to an activating group) is 1. The molecule has 0 N–H and O–H groups in total. The Kier molecular flexibility index (Phi) is 8.29. The number of nitrogens with zero attached hydrogens (tertiary/aromatic N) is 4. The second-order valence-electron chi connectivity index (χ2n) is 9.41. The Balaban J connectivity index is 0.00000320. The summed E-state index contributed by atoms with van der Waals surface area (Å²) in [5, 5.41) is 0.569. The lowest BCUT2D eigenvalue weighted by atomic mass is 10.1. The molecule has 3 heterocycles. The molecule has 2 aliphatic heterocycles. The van der Waals surface area contributed by atoms with Crippen LogP contribution in [-0.4, -0.2) is 75.1 Å². The van der Waals surface area contributed by atoms with Gasteiger partial charge in [-0.15, -0.1) is 12.4 Å². The number of amides is 1. The van der Waals surface area contributed by atoms with Gasteiger partial charge in [0.1, 0.15) is 0 Å². The Morgan fingerprint density at radius 3 is 2.49 bits per heavy atom. The molecule has 2 aromatic carbocycles. The minimum atomic E-state index is -3.60. The van der Waals surface area contributed by atoms with Crippen LogP contribution in [0.25, 0.3) is 10.2 Å². The molecule has 3 aromatic rings. The van der Waals surface area contributed by atoms with Crippen LogP contribution in [0.1, 0.15) is 36.5 Å². The maximum Gasteiger partial charge on any atom is 0.260 e. The standard InChI is InChI=1S/C25H30N4O5S2.ClH/c1-17-6-4-5-11-29(17)36(31,32)19-9-7-18(8-10-19)24(30)28(13-12-27(2)3)25-26-20-14-21-22(34-16-33-21)15-23(20)35-25;/h7-10,14-15,17H,4-6,11-13,16H2,1-3H3;1H. The molecule has 2 aliphatic rings. The fourth-order valence-corrected chi connectivity index (χ4v) is 7.19. The minimum Gasteiger partial charge on any atom is -0.454 e. The Bertz CT molecular complexity index is 1340. The van der Waals surface area contributed by atoms with Crippen molar-refractivity contribution in [2.24, 2.45) is 0 Å². The normalized spacial score (nSPS) is 17.7. The molecule has 1 aromatic heterocycles. The highest BCUT2D eigenvalue weighted by molar-refractivity contribution is 7.89. The molecule has 9 nitrogen and oxygen atoms in total. The number of rotatable bonds is 7. The summed E-state index contributed by atoms with van der Waals surface area (Å²) >= 11 is 1.41. The van der Waals surface area contributed by atoms with E-state index in [9.17, 15) is 13.2 Å². The first kappa shape index (κ1) is 27.6. The molecule has 1 amide bonds. The van der Waals surface area contributed by atoms with Gasteiger partial charge >= 0.3 is 0 Å². The summed E-state index contributed by atoms with van der Waals surface area (Å²) in [7, 11) is 0.289. The van der Waals surface area contributed by atoms with Gasteiger partial charge in [0, 0.05) is 43.4 Å². The molecule has 37 heavy (non-hydrogen) atoms. The maximum absolute atomic E-state index is 13.6. The zero-order chi connectivity index (χ0) is 25.4. The summed E-state index contributed by atoms with van der Waals surface area (Å²) < 4.78 is 39.8. The molecule has 200 valence electrons. The third-order valence-electron chi connectivity index (χ3n) is 6.57. The van der Waals surface area contributed by atoms with Gasteiger partial charge in [0.05, 0.1) is 15.1 Å². The lowest BCUT2D eigenvalue weighted by molar-refractivity contribution is 0.0985. The number of ether oxygens (including phenoxy) is 2. The van der Waals surface area contributed by atoms with Crippen LogP contribution in [0.5, 0.6) is 11.5 Å². The minimum absolute atomic E-state index is 0. The van der Waals surface area contributed by atoms with Crippen LogP contribution in [0.15, 0.2) is 41.3 Å². The molecule has 1 unspecified atom stereocenters. The Labute approximate surface area is 227 Å². The van der Waals surface area contributed by atoms with E-state index >= 15 is 0 Å². The third-order valence-corrected chi connectivity index (χ3v) is 9.64. The number of aromatic nitrogens is 1. The maximum atomic E-state index is 13.6. The van der Waals surface area contributed by atoms with E-state index in [0.29, 0.717) is 41.8 Å². The van der Waals surface area contributed by atoms with Crippen LogP contribution in [-0.2, 0) is 10.0 Å². The van der Waals surface area contributed by atoms with Gasteiger partial charge in [-0.2, -0.15) is 4.31 Å². The van der Waals surface area contributed by atoms with Crippen molar-refractivity contribution in [3.8, 4) is 11.5 Å². The summed E-state index contributed by atoms with van der Waals surface area (Å²) in [5.74, 6) is 1.08. The van der Waals surface area contributed by atoms with E-state index in [1.54, 1.807) is 21.3 Å². The lowest BCUT2D eigenvalue weighted by Gasteiger charge is -2.32. The van der Waals surface area contributed by atoms with Gasteiger partial charge in [-0.05, 0) is 58.1 Å². The van der Waals surface area contributed by atoms with Crippen molar-refractivity contribution in [2.45, 2.75) is 37.1 Å². The second-order valence-corrected chi connectivity index (χ2v) is 12.3. The predicted molar refractivity (Wildman–Crippen MR) is 147 cm³/mol. The molecule has 1 saturated heterocycles. The number of hydrogen-bond donors (Lipinski definition) is 0. The SMILES string of the molecule is CC1CCCCN1S(=O)(=O)c1ccc(C(=O)N(CCN(C)C)c2nc3cc4c(cc3s2)OCO4)cc1.Cl. The number of piperidine rings is 1. The van der Waals surface area contributed by atoms with Gasteiger partial charge < -0.3 is 14.4 Å². The second kappa shape index (κ2) is 11.1. The van der Waals surface area contributed by atoms with Gasteiger partial charge in [0.25, 0.3) is 5.91 Å². The fourth-order valence-electron chi connectivity index (χ4n) is 4.49. The fraction of sp³-hybridized carbons (Fsp3) is 0.440. The van der Waals surface area contributed by atoms with Gasteiger partial charge in [-0.25, -0.2) is 13.4 Å². The smallest absolute Gasteiger partial charge is 0.260 e. The molecule has 1 fully saturated rings. The monoisotopic (exact) mass is 566 g/mol. The molecule has 12 heteroatoms. The van der Waals surface area contributed by atoms with Crippen molar-refractivity contribution in [3.05, 3.63) is 42.0 Å². The molecule has 0 radical (unpaired) electrons.